The summed E-state index contributed by atoms with van der Waals surface area (Å²) in [4.78, 5) is 62.0. The van der Waals surface area contributed by atoms with Crippen LogP contribution in [0.3, 0.4) is 0 Å². The molecule has 0 heterocycles. The second kappa shape index (κ2) is 16.2. The Labute approximate surface area is 221 Å². The zero-order valence-electron chi connectivity index (χ0n) is 21.8. The number of nitrogens with two attached hydrogens (primary N) is 3. The topological polar surface area (TPSA) is 240 Å². The monoisotopic (exact) mass is 536 g/mol. The second-order valence-electron chi connectivity index (χ2n) is 9.58. The molecule has 0 bridgehead atoms. The minimum Gasteiger partial charge on any atom is -0.508 e. The maximum atomic E-state index is 13.1. The molecule has 11 N–H and O–H groups in total. The average molecular weight is 537 g/mol. The van der Waals surface area contributed by atoms with Crippen molar-refractivity contribution >= 4 is 29.6 Å². The molecule has 0 fully saturated rings. The number of phenols is 1. The molecule has 1 aromatic rings. The van der Waals surface area contributed by atoms with Gasteiger partial charge in [0.25, 0.3) is 0 Å². The van der Waals surface area contributed by atoms with Crippen molar-refractivity contribution in [3.63, 3.8) is 0 Å². The van der Waals surface area contributed by atoms with E-state index in [1.165, 1.54) is 24.3 Å². The third kappa shape index (κ3) is 12.0. The van der Waals surface area contributed by atoms with Crippen LogP contribution in [-0.4, -0.2) is 70.5 Å². The number of aliphatic carboxylic acids is 1. The zero-order chi connectivity index (χ0) is 28.8. The molecule has 1 aromatic carbocycles. The van der Waals surface area contributed by atoms with E-state index in [0.717, 1.165) is 0 Å². The highest BCUT2D eigenvalue weighted by molar-refractivity contribution is 5.96. The third-order valence-corrected chi connectivity index (χ3v) is 5.68. The van der Waals surface area contributed by atoms with Gasteiger partial charge in [-0.2, -0.15) is 0 Å². The lowest BCUT2D eigenvalue weighted by Crippen LogP contribution is -2.58. The molecule has 4 atom stereocenters. The maximum absolute atomic E-state index is 13.1. The molecule has 38 heavy (non-hydrogen) atoms. The lowest BCUT2D eigenvalue weighted by molar-refractivity contribution is -0.142. The van der Waals surface area contributed by atoms with Gasteiger partial charge in [0.05, 0.1) is 12.5 Å². The molecule has 13 nitrogen and oxygen atoms in total. The van der Waals surface area contributed by atoms with Crippen LogP contribution >= 0.6 is 0 Å². The van der Waals surface area contributed by atoms with Crippen LogP contribution in [0.15, 0.2) is 24.3 Å². The summed E-state index contributed by atoms with van der Waals surface area (Å²) >= 11 is 0. The Morgan fingerprint density at radius 1 is 0.868 bits per heavy atom. The van der Waals surface area contributed by atoms with Crippen molar-refractivity contribution in [2.24, 2.45) is 23.1 Å². The van der Waals surface area contributed by atoms with E-state index in [4.69, 9.17) is 17.2 Å². The van der Waals surface area contributed by atoms with Crippen LogP contribution in [0.4, 0.5) is 0 Å². The van der Waals surface area contributed by atoms with E-state index in [0.29, 0.717) is 31.4 Å². The quantitative estimate of drug-likeness (QED) is 0.112. The van der Waals surface area contributed by atoms with Crippen LogP contribution < -0.4 is 33.2 Å². The number of aromatic hydroxyl groups is 1. The van der Waals surface area contributed by atoms with Gasteiger partial charge in [-0.25, -0.2) is 4.79 Å². The number of primary amides is 1. The number of phenolic OH excluding ortho intramolecular Hbond substituents is 1. The first-order chi connectivity index (χ1) is 17.8. The Morgan fingerprint density at radius 3 is 1.95 bits per heavy atom. The number of rotatable bonds is 17. The van der Waals surface area contributed by atoms with Crippen LogP contribution in [0.5, 0.6) is 5.75 Å². The van der Waals surface area contributed by atoms with Gasteiger partial charge in [-0.1, -0.05) is 32.4 Å². The van der Waals surface area contributed by atoms with Gasteiger partial charge in [0, 0.05) is 6.42 Å². The van der Waals surface area contributed by atoms with Gasteiger partial charge < -0.3 is 43.4 Å². The number of carboxylic acid groups (broad SMARTS) is 1. The Balaban J connectivity index is 2.98. The summed E-state index contributed by atoms with van der Waals surface area (Å²) in [5.41, 5.74) is 17.1. The standard InChI is InChI=1S/C25H40N6O7/c1-14(2)11-18(23(35)31-20(25(37)38)12-15-6-8-16(32)9-7-15)30-24(36)19(13-21(28)33)29-22(34)17(27)5-3-4-10-26/h6-9,14,17-20,32H,3-5,10-13,26-27H2,1-2H3,(H2,28,33)(H,29,34)(H,30,36)(H,31,35)(H,37,38). The molecule has 0 aliphatic heterocycles. The van der Waals surface area contributed by atoms with Gasteiger partial charge in [-0.05, 0) is 49.4 Å². The Kier molecular flexibility index (Phi) is 13.8. The summed E-state index contributed by atoms with van der Waals surface area (Å²) < 4.78 is 0. The summed E-state index contributed by atoms with van der Waals surface area (Å²) in [6, 6.07) is 1.07. The van der Waals surface area contributed by atoms with E-state index < -0.39 is 60.2 Å². The van der Waals surface area contributed by atoms with Gasteiger partial charge in [-0.3, -0.25) is 19.2 Å². The molecular formula is C25H40N6O7. The fourth-order valence-electron chi connectivity index (χ4n) is 3.64. The number of carboxylic acids is 1. The van der Waals surface area contributed by atoms with E-state index in [9.17, 15) is 34.2 Å². The number of carbonyl (C=O) groups is 5. The Hall–Kier alpha value is -3.71. The van der Waals surface area contributed by atoms with Gasteiger partial charge >= 0.3 is 5.97 Å². The van der Waals surface area contributed by atoms with Crippen molar-refractivity contribution in [3.05, 3.63) is 29.8 Å². The summed E-state index contributed by atoms with van der Waals surface area (Å²) in [5.74, 6) is -4.45. The van der Waals surface area contributed by atoms with Gasteiger partial charge in [0.1, 0.15) is 23.9 Å². The van der Waals surface area contributed by atoms with Crippen LogP contribution in [0, 0.1) is 5.92 Å². The van der Waals surface area contributed by atoms with Crippen molar-refractivity contribution in [2.75, 3.05) is 6.54 Å². The Morgan fingerprint density at radius 2 is 1.42 bits per heavy atom. The van der Waals surface area contributed by atoms with Crippen molar-refractivity contribution in [1.82, 2.24) is 16.0 Å². The first-order valence-corrected chi connectivity index (χ1v) is 12.5. The second-order valence-corrected chi connectivity index (χ2v) is 9.58. The normalized spacial score (nSPS) is 14.1. The number of benzene rings is 1. The number of unbranched alkanes of at least 4 members (excludes halogenated alkanes) is 1. The highest BCUT2D eigenvalue weighted by Crippen LogP contribution is 2.12. The van der Waals surface area contributed by atoms with E-state index in [2.05, 4.69) is 16.0 Å². The number of carbonyl (C=O) groups excluding carboxylic acids is 4. The van der Waals surface area contributed by atoms with E-state index in [-0.39, 0.29) is 24.5 Å². The molecule has 0 aliphatic rings. The zero-order valence-corrected chi connectivity index (χ0v) is 21.8. The highest BCUT2D eigenvalue weighted by Gasteiger charge is 2.31. The molecule has 0 radical (unpaired) electrons. The first-order valence-electron chi connectivity index (χ1n) is 12.5. The SMILES string of the molecule is CC(C)CC(NC(=O)C(CC(N)=O)NC(=O)C(N)CCCCN)C(=O)NC(Cc1ccc(O)cc1)C(=O)O. The molecule has 4 amide bonds. The maximum Gasteiger partial charge on any atom is 0.326 e. The average Bonchev–Trinajstić information content (AvgIpc) is 2.83. The summed E-state index contributed by atoms with van der Waals surface area (Å²) in [7, 11) is 0. The van der Waals surface area contributed by atoms with Gasteiger partial charge in [0.15, 0.2) is 0 Å². The molecule has 212 valence electrons. The van der Waals surface area contributed by atoms with E-state index in [1.54, 1.807) is 13.8 Å². The summed E-state index contributed by atoms with van der Waals surface area (Å²) in [6.45, 7) is 4.05. The van der Waals surface area contributed by atoms with Crippen molar-refractivity contribution < 1.29 is 34.2 Å². The molecule has 13 heteroatoms. The summed E-state index contributed by atoms with van der Waals surface area (Å²) in [5, 5.41) is 26.4. The van der Waals surface area contributed by atoms with E-state index in [1.807, 2.05) is 0 Å². The molecule has 1 rings (SSSR count). The first kappa shape index (κ1) is 32.3. The predicted octanol–water partition coefficient (Wildman–Crippen LogP) is -1.15. The molecule has 0 saturated heterocycles. The molecular weight excluding hydrogens is 496 g/mol. The predicted molar refractivity (Wildman–Crippen MR) is 139 cm³/mol. The van der Waals surface area contributed by atoms with Crippen LogP contribution in [0.2, 0.25) is 0 Å². The molecule has 0 spiro atoms. The van der Waals surface area contributed by atoms with Crippen LogP contribution in [0.25, 0.3) is 0 Å². The number of amides is 4. The smallest absolute Gasteiger partial charge is 0.326 e. The molecule has 0 aromatic heterocycles. The molecule has 0 aliphatic carbocycles. The van der Waals surface area contributed by atoms with Gasteiger partial charge in [-0.15, -0.1) is 0 Å². The minimum absolute atomic E-state index is 0.0125. The summed E-state index contributed by atoms with van der Waals surface area (Å²) in [6.07, 6.45) is 1.16. The van der Waals surface area contributed by atoms with E-state index >= 15 is 0 Å². The van der Waals surface area contributed by atoms with Crippen molar-refractivity contribution in [1.29, 1.82) is 0 Å². The third-order valence-electron chi connectivity index (χ3n) is 5.68. The molecule has 4 unspecified atom stereocenters. The van der Waals surface area contributed by atoms with Crippen molar-refractivity contribution in [3.8, 4) is 5.75 Å². The fourth-order valence-corrected chi connectivity index (χ4v) is 3.64. The molecule has 0 saturated carbocycles. The highest BCUT2D eigenvalue weighted by atomic mass is 16.4. The van der Waals surface area contributed by atoms with Crippen molar-refractivity contribution in [2.45, 2.75) is 76.5 Å². The largest absolute Gasteiger partial charge is 0.508 e. The number of hydrogen-bond donors (Lipinski definition) is 8. The fraction of sp³-hybridized carbons (Fsp3) is 0.560. The lowest BCUT2D eigenvalue weighted by atomic mass is 10.0. The number of hydrogen-bond acceptors (Lipinski definition) is 8. The minimum atomic E-state index is -1.38. The number of nitrogens with one attached hydrogen (secondary N) is 3. The van der Waals surface area contributed by atoms with Crippen LogP contribution in [0.1, 0.15) is 51.5 Å². The van der Waals surface area contributed by atoms with Gasteiger partial charge in [0.2, 0.25) is 23.6 Å². The Bertz CT molecular complexity index is 954. The van der Waals surface area contributed by atoms with Crippen LogP contribution in [-0.2, 0) is 30.4 Å². The lowest BCUT2D eigenvalue weighted by Gasteiger charge is -2.26.